The number of benzene rings is 1. The average molecular weight is 373 g/mol. The van der Waals surface area contributed by atoms with Gasteiger partial charge in [0.05, 0.1) is 6.33 Å². The quantitative estimate of drug-likeness (QED) is 0.653. The molecule has 0 unspecified atom stereocenters. The summed E-state index contributed by atoms with van der Waals surface area (Å²) in [5, 5.41) is 4.87. The molecule has 0 spiro atoms. The lowest BCUT2D eigenvalue weighted by Gasteiger charge is -2.24. The molecule has 0 saturated heterocycles. The van der Waals surface area contributed by atoms with Gasteiger partial charge in [-0.25, -0.2) is 4.98 Å². The van der Waals surface area contributed by atoms with Crippen molar-refractivity contribution in [2.75, 3.05) is 25.9 Å². The number of rotatable bonds is 4. The van der Waals surface area contributed by atoms with Gasteiger partial charge in [0, 0.05) is 47.8 Å². The van der Waals surface area contributed by atoms with Crippen molar-refractivity contribution in [1.29, 1.82) is 0 Å². The van der Waals surface area contributed by atoms with Crippen LogP contribution in [0.15, 0.2) is 24.5 Å². The van der Waals surface area contributed by atoms with E-state index in [2.05, 4.69) is 37.9 Å². The van der Waals surface area contributed by atoms with Gasteiger partial charge >= 0.3 is 0 Å². The van der Waals surface area contributed by atoms with Crippen LogP contribution in [0.2, 0.25) is 5.02 Å². The number of amides is 1. The van der Waals surface area contributed by atoms with Crippen molar-refractivity contribution in [3.8, 4) is 0 Å². The number of aromatic nitrogens is 3. The first-order valence-corrected chi connectivity index (χ1v) is 8.97. The summed E-state index contributed by atoms with van der Waals surface area (Å²) in [6.07, 6.45) is 2.42. The molecule has 4 rings (SSSR count). The Balaban J connectivity index is 1.59. The Bertz CT molecular complexity index is 976. The summed E-state index contributed by atoms with van der Waals surface area (Å²) in [6.45, 7) is 3.11. The smallest absolute Gasteiger partial charge is 0.271 e. The molecule has 136 valence electrons. The molecule has 7 nitrogen and oxygen atoms in total. The van der Waals surface area contributed by atoms with E-state index in [1.807, 2.05) is 12.1 Å². The monoisotopic (exact) mass is 372 g/mol. The van der Waals surface area contributed by atoms with Crippen LogP contribution in [0.25, 0.3) is 10.9 Å². The lowest BCUT2D eigenvalue weighted by atomic mass is 10.0. The number of likely N-dealkylation sites (N-methyl/N-ethyl adjacent to an activating group) is 1. The van der Waals surface area contributed by atoms with Crippen LogP contribution in [0, 0.1) is 0 Å². The second kappa shape index (κ2) is 6.66. The number of anilines is 1. The zero-order chi connectivity index (χ0) is 18.3. The highest BCUT2D eigenvalue weighted by Crippen LogP contribution is 2.32. The Kier molecular flexibility index (Phi) is 4.34. The third-order valence-corrected chi connectivity index (χ3v) is 5.16. The molecule has 0 bridgehead atoms. The van der Waals surface area contributed by atoms with Gasteiger partial charge in [0.1, 0.15) is 5.69 Å². The van der Waals surface area contributed by atoms with Crippen LogP contribution >= 0.6 is 11.6 Å². The normalized spacial score (nSPS) is 14.5. The van der Waals surface area contributed by atoms with Gasteiger partial charge in [0.2, 0.25) is 0 Å². The second-order valence-electron chi connectivity index (χ2n) is 6.64. The fraction of sp³-hybridized carbons (Fsp3) is 0.333. The van der Waals surface area contributed by atoms with Gasteiger partial charge in [-0.15, -0.1) is 0 Å². The van der Waals surface area contributed by atoms with Gasteiger partial charge in [-0.1, -0.05) is 11.6 Å². The van der Waals surface area contributed by atoms with Crippen LogP contribution in [-0.2, 0) is 19.5 Å². The maximum absolute atomic E-state index is 12.2. The van der Waals surface area contributed by atoms with Crippen LogP contribution in [0.5, 0.6) is 0 Å². The molecule has 0 aliphatic carbocycles. The lowest BCUT2D eigenvalue weighted by molar-refractivity contribution is 0.0948. The molecule has 26 heavy (non-hydrogen) atoms. The standard InChI is InChI=1S/C18H21ClN6O/c1-24-6-4-12-13-8-11(19)2-3-14(13)25(15(12)9-24)7-5-21-18(26)16-17(20)23-10-22-16/h2-3,8,10H,4-7,9,20H2,1H3,(H,21,26)(H,22,23). The molecule has 1 aliphatic rings. The SMILES string of the molecule is CN1CCc2c(n(CCNC(=O)c3[nH]cnc3N)c3ccc(Cl)cc23)C1. The highest BCUT2D eigenvalue weighted by atomic mass is 35.5. The Morgan fingerprint density at radius 1 is 1.46 bits per heavy atom. The van der Waals surface area contributed by atoms with E-state index in [-0.39, 0.29) is 11.7 Å². The number of halogens is 1. The van der Waals surface area contributed by atoms with Crippen molar-refractivity contribution in [3.05, 3.63) is 46.5 Å². The lowest BCUT2D eigenvalue weighted by Crippen LogP contribution is -2.31. The Hall–Kier alpha value is -2.51. The maximum Gasteiger partial charge on any atom is 0.271 e. The predicted octanol–water partition coefficient (Wildman–Crippen LogP) is 2.02. The number of fused-ring (bicyclic) bond motifs is 3. The molecular weight excluding hydrogens is 352 g/mol. The Labute approximate surface area is 156 Å². The fourth-order valence-electron chi connectivity index (χ4n) is 3.66. The van der Waals surface area contributed by atoms with Gasteiger partial charge < -0.3 is 25.5 Å². The zero-order valence-corrected chi connectivity index (χ0v) is 15.3. The number of nitrogen functional groups attached to an aromatic ring is 1. The van der Waals surface area contributed by atoms with Crippen molar-refractivity contribution in [2.24, 2.45) is 0 Å². The van der Waals surface area contributed by atoms with Crippen molar-refractivity contribution in [3.63, 3.8) is 0 Å². The highest BCUT2D eigenvalue weighted by molar-refractivity contribution is 6.31. The molecule has 0 atom stereocenters. The minimum atomic E-state index is -0.245. The summed E-state index contributed by atoms with van der Waals surface area (Å²) in [5.74, 6) is -0.0342. The topological polar surface area (TPSA) is 92.0 Å². The molecule has 0 radical (unpaired) electrons. The van der Waals surface area contributed by atoms with Crippen LogP contribution in [0.1, 0.15) is 21.7 Å². The minimum absolute atomic E-state index is 0.211. The third-order valence-electron chi connectivity index (χ3n) is 4.93. The summed E-state index contributed by atoms with van der Waals surface area (Å²) in [5.41, 5.74) is 9.80. The number of nitrogens with one attached hydrogen (secondary N) is 2. The molecular formula is C18H21ClN6O. The van der Waals surface area contributed by atoms with E-state index in [1.54, 1.807) is 0 Å². The van der Waals surface area contributed by atoms with Gasteiger partial charge in [-0.05, 0) is 37.2 Å². The zero-order valence-electron chi connectivity index (χ0n) is 14.6. The third kappa shape index (κ3) is 2.93. The van der Waals surface area contributed by atoms with Crippen molar-refractivity contribution >= 4 is 34.2 Å². The molecule has 3 heterocycles. The average Bonchev–Trinajstić information content (AvgIpc) is 3.16. The predicted molar refractivity (Wildman–Crippen MR) is 102 cm³/mol. The summed E-state index contributed by atoms with van der Waals surface area (Å²) in [6, 6.07) is 6.02. The highest BCUT2D eigenvalue weighted by Gasteiger charge is 2.22. The van der Waals surface area contributed by atoms with Crippen LogP contribution in [-0.4, -0.2) is 45.5 Å². The molecule has 1 aromatic carbocycles. The number of imidazole rings is 1. The van der Waals surface area contributed by atoms with Crippen LogP contribution in [0.4, 0.5) is 5.82 Å². The molecule has 0 fully saturated rings. The summed E-state index contributed by atoms with van der Waals surface area (Å²) in [4.78, 5) is 21.1. The van der Waals surface area contributed by atoms with Gasteiger partial charge in [0.25, 0.3) is 5.91 Å². The van der Waals surface area contributed by atoms with Crippen molar-refractivity contribution < 1.29 is 4.79 Å². The number of carbonyl (C=O) groups excluding carboxylic acids is 1. The minimum Gasteiger partial charge on any atom is -0.382 e. The van der Waals surface area contributed by atoms with Gasteiger partial charge in [-0.2, -0.15) is 0 Å². The summed E-state index contributed by atoms with van der Waals surface area (Å²) < 4.78 is 2.28. The number of H-pyrrole nitrogens is 1. The fourth-order valence-corrected chi connectivity index (χ4v) is 3.83. The van der Waals surface area contributed by atoms with Gasteiger partial charge in [-0.3, -0.25) is 4.79 Å². The Morgan fingerprint density at radius 2 is 2.31 bits per heavy atom. The van der Waals surface area contributed by atoms with E-state index in [4.69, 9.17) is 17.3 Å². The molecule has 1 aliphatic heterocycles. The molecule has 1 amide bonds. The van der Waals surface area contributed by atoms with E-state index in [1.165, 1.54) is 23.0 Å². The van der Waals surface area contributed by atoms with Crippen LogP contribution in [0.3, 0.4) is 0 Å². The first-order chi connectivity index (χ1) is 12.5. The second-order valence-corrected chi connectivity index (χ2v) is 7.08. The Morgan fingerprint density at radius 3 is 3.08 bits per heavy atom. The first kappa shape index (κ1) is 16.9. The molecule has 8 heteroatoms. The number of hydrogen-bond donors (Lipinski definition) is 3. The number of aromatic amines is 1. The summed E-state index contributed by atoms with van der Waals surface area (Å²) >= 11 is 6.22. The first-order valence-electron chi connectivity index (χ1n) is 8.59. The molecule has 2 aromatic heterocycles. The van der Waals surface area contributed by atoms with E-state index in [0.29, 0.717) is 18.8 Å². The van der Waals surface area contributed by atoms with E-state index in [0.717, 1.165) is 30.0 Å². The summed E-state index contributed by atoms with van der Waals surface area (Å²) in [7, 11) is 2.13. The van der Waals surface area contributed by atoms with Crippen molar-refractivity contribution in [2.45, 2.75) is 19.5 Å². The number of nitrogens with zero attached hydrogens (tertiary/aromatic N) is 3. The number of nitrogens with two attached hydrogens (primary N) is 1. The number of hydrogen-bond acceptors (Lipinski definition) is 4. The number of carbonyl (C=O) groups is 1. The van der Waals surface area contributed by atoms with Crippen LogP contribution < -0.4 is 11.1 Å². The molecule has 4 N–H and O–H groups in total. The molecule has 0 saturated carbocycles. The van der Waals surface area contributed by atoms with E-state index < -0.39 is 0 Å². The molecule has 3 aromatic rings. The largest absolute Gasteiger partial charge is 0.382 e. The van der Waals surface area contributed by atoms with E-state index >= 15 is 0 Å². The maximum atomic E-state index is 12.2. The van der Waals surface area contributed by atoms with E-state index in [9.17, 15) is 4.79 Å². The van der Waals surface area contributed by atoms with Crippen molar-refractivity contribution in [1.82, 2.24) is 24.8 Å². The van der Waals surface area contributed by atoms with Gasteiger partial charge in [0.15, 0.2) is 5.82 Å².